The molecule has 2 aliphatic rings. The zero-order chi connectivity index (χ0) is 13.4. The number of hydrogen-bond acceptors (Lipinski definition) is 4. The van der Waals surface area contributed by atoms with E-state index in [1.807, 2.05) is 30.5 Å². The third-order valence-corrected chi connectivity index (χ3v) is 3.91. The van der Waals surface area contributed by atoms with Gasteiger partial charge in [-0.15, -0.1) is 11.8 Å². The van der Waals surface area contributed by atoms with Gasteiger partial charge in [0, 0.05) is 4.90 Å². The molecule has 2 amide bonds. The maximum absolute atomic E-state index is 11.7. The molecule has 2 aliphatic heterocycles. The minimum Gasteiger partial charge on any atom is -0.456 e. The van der Waals surface area contributed by atoms with Crippen LogP contribution in [0.2, 0.25) is 0 Å². The van der Waals surface area contributed by atoms with Crippen LogP contribution in [0.15, 0.2) is 40.4 Å². The highest BCUT2D eigenvalue weighted by Gasteiger charge is 2.37. The number of cyclic esters (lactones) is 1. The Morgan fingerprint density at radius 3 is 2.68 bits per heavy atom. The summed E-state index contributed by atoms with van der Waals surface area (Å²) >= 11 is 1.64. The number of hydrogen-bond donors (Lipinski definition) is 2. The molecule has 0 bridgehead atoms. The van der Waals surface area contributed by atoms with Gasteiger partial charge in [-0.1, -0.05) is 12.1 Å². The van der Waals surface area contributed by atoms with Crippen molar-refractivity contribution in [1.82, 2.24) is 10.6 Å². The smallest absolute Gasteiger partial charge is 0.338 e. The van der Waals surface area contributed by atoms with Gasteiger partial charge in [0.2, 0.25) is 0 Å². The molecule has 1 aromatic carbocycles. The molecule has 98 valence electrons. The molecule has 1 unspecified atom stereocenters. The van der Waals surface area contributed by atoms with Gasteiger partial charge in [0.25, 0.3) is 0 Å². The molecule has 1 atom stereocenters. The molecule has 2 N–H and O–H groups in total. The van der Waals surface area contributed by atoms with E-state index in [2.05, 4.69) is 10.6 Å². The van der Waals surface area contributed by atoms with E-state index in [9.17, 15) is 9.59 Å². The number of ether oxygens (including phenoxy) is 1. The summed E-state index contributed by atoms with van der Waals surface area (Å²) in [4.78, 5) is 24.5. The second kappa shape index (κ2) is 4.62. The van der Waals surface area contributed by atoms with E-state index in [-0.39, 0.29) is 18.6 Å². The van der Waals surface area contributed by atoms with Crippen LogP contribution < -0.4 is 10.6 Å². The lowest BCUT2D eigenvalue weighted by Gasteiger charge is -2.24. The van der Waals surface area contributed by atoms with Crippen LogP contribution in [0.3, 0.4) is 0 Å². The molecule has 6 heteroatoms. The molecule has 3 rings (SSSR count). The van der Waals surface area contributed by atoms with Crippen LogP contribution in [0.1, 0.15) is 11.6 Å². The van der Waals surface area contributed by atoms with E-state index in [4.69, 9.17) is 4.74 Å². The van der Waals surface area contributed by atoms with Gasteiger partial charge in [-0.2, -0.15) is 0 Å². The summed E-state index contributed by atoms with van der Waals surface area (Å²) in [6.07, 6.45) is 2.00. The van der Waals surface area contributed by atoms with Gasteiger partial charge in [0.15, 0.2) is 0 Å². The lowest BCUT2D eigenvalue weighted by molar-refractivity contribution is -0.136. The van der Waals surface area contributed by atoms with Crippen LogP contribution in [0.5, 0.6) is 0 Å². The van der Waals surface area contributed by atoms with Gasteiger partial charge in [-0.05, 0) is 24.0 Å². The number of amides is 2. The largest absolute Gasteiger partial charge is 0.456 e. The average Bonchev–Trinajstić information content (AvgIpc) is 2.79. The van der Waals surface area contributed by atoms with Crippen molar-refractivity contribution in [1.29, 1.82) is 0 Å². The summed E-state index contributed by atoms with van der Waals surface area (Å²) in [5, 5.41) is 5.37. The first kappa shape index (κ1) is 12.1. The summed E-state index contributed by atoms with van der Waals surface area (Å²) in [6.45, 7) is 0.140. The summed E-state index contributed by atoms with van der Waals surface area (Å²) in [7, 11) is 0. The van der Waals surface area contributed by atoms with E-state index in [0.717, 1.165) is 10.5 Å². The molecule has 5 nitrogen and oxygen atoms in total. The molecule has 2 heterocycles. The fourth-order valence-electron chi connectivity index (χ4n) is 2.23. The Kier molecular flexibility index (Phi) is 2.94. The van der Waals surface area contributed by atoms with E-state index >= 15 is 0 Å². The normalized spacial score (nSPS) is 21.6. The van der Waals surface area contributed by atoms with Gasteiger partial charge < -0.3 is 15.4 Å². The highest BCUT2D eigenvalue weighted by Crippen LogP contribution is 2.31. The number of nitrogens with one attached hydrogen (secondary N) is 2. The third kappa shape index (κ3) is 2.08. The molecule has 0 aliphatic carbocycles. The topological polar surface area (TPSA) is 67.4 Å². The summed E-state index contributed by atoms with van der Waals surface area (Å²) < 4.78 is 4.97. The predicted molar refractivity (Wildman–Crippen MR) is 70.6 cm³/mol. The molecule has 0 radical (unpaired) electrons. The van der Waals surface area contributed by atoms with Crippen LogP contribution in [0.25, 0.3) is 0 Å². The van der Waals surface area contributed by atoms with Gasteiger partial charge in [0.1, 0.15) is 6.61 Å². The first-order chi connectivity index (χ1) is 9.19. The van der Waals surface area contributed by atoms with Crippen LogP contribution in [0, 0.1) is 0 Å². The van der Waals surface area contributed by atoms with Crippen LogP contribution in [0.4, 0.5) is 4.79 Å². The van der Waals surface area contributed by atoms with Crippen LogP contribution in [-0.4, -0.2) is 24.9 Å². The molecule has 0 saturated heterocycles. The highest BCUT2D eigenvalue weighted by atomic mass is 32.2. The quantitative estimate of drug-likeness (QED) is 0.635. The summed E-state index contributed by atoms with van der Waals surface area (Å²) in [6, 6.07) is 7.02. The Balaban J connectivity index is 1.99. The van der Waals surface area contributed by atoms with E-state index in [1.165, 1.54) is 0 Å². The second-order valence-corrected chi connectivity index (χ2v) is 5.15. The highest BCUT2D eigenvalue weighted by molar-refractivity contribution is 7.98. The Morgan fingerprint density at radius 1 is 1.26 bits per heavy atom. The Hall–Kier alpha value is -1.95. The molecular formula is C13H12N2O3S. The minimum atomic E-state index is -0.436. The van der Waals surface area contributed by atoms with Crippen molar-refractivity contribution >= 4 is 23.8 Å². The number of carbonyl (C=O) groups excluding carboxylic acids is 2. The maximum Gasteiger partial charge on any atom is 0.338 e. The molecular weight excluding hydrogens is 264 g/mol. The van der Waals surface area contributed by atoms with Crippen molar-refractivity contribution < 1.29 is 14.3 Å². The Bertz CT molecular complexity index is 580. The zero-order valence-electron chi connectivity index (χ0n) is 10.2. The zero-order valence-corrected chi connectivity index (χ0v) is 11.0. The van der Waals surface area contributed by atoms with Gasteiger partial charge >= 0.3 is 12.0 Å². The van der Waals surface area contributed by atoms with Crippen molar-refractivity contribution in [3.05, 3.63) is 41.1 Å². The number of thioether (sulfide) groups is 1. The van der Waals surface area contributed by atoms with Crippen molar-refractivity contribution in [2.75, 3.05) is 12.9 Å². The fraction of sp³-hybridized carbons (Fsp3) is 0.231. The molecule has 1 aromatic rings. The van der Waals surface area contributed by atoms with Gasteiger partial charge in [-0.3, -0.25) is 0 Å². The van der Waals surface area contributed by atoms with Gasteiger partial charge in [0.05, 0.1) is 17.3 Å². The SMILES string of the molecule is CSc1ccc(C2NC(=O)NC3=C2C(=O)OC3)cc1. The first-order valence-corrected chi connectivity index (χ1v) is 7.03. The monoisotopic (exact) mass is 276 g/mol. The predicted octanol–water partition coefficient (Wildman–Crippen LogP) is 1.57. The van der Waals surface area contributed by atoms with Crippen LogP contribution >= 0.6 is 11.8 Å². The Labute approximate surface area is 114 Å². The van der Waals surface area contributed by atoms with E-state index < -0.39 is 6.04 Å². The molecule has 0 saturated carbocycles. The maximum atomic E-state index is 11.7. The molecule has 19 heavy (non-hydrogen) atoms. The Morgan fingerprint density at radius 2 is 2.00 bits per heavy atom. The van der Waals surface area contributed by atoms with E-state index in [0.29, 0.717) is 11.3 Å². The lowest BCUT2D eigenvalue weighted by atomic mass is 9.96. The minimum absolute atomic E-state index is 0.140. The fourth-order valence-corrected chi connectivity index (χ4v) is 2.64. The molecule has 0 spiro atoms. The van der Waals surface area contributed by atoms with Crippen LogP contribution in [-0.2, 0) is 9.53 Å². The van der Waals surface area contributed by atoms with Crippen molar-refractivity contribution in [3.8, 4) is 0 Å². The first-order valence-electron chi connectivity index (χ1n) is 5.80. The summed E-state index contributed by atoms with van der Waals surface area (Å²) in [5.74, 6) is -0.374. The van der Waals surface area contributed by atoms with Crippen molar-refractivity contribution in [3.63, 3.8) is 0 Å². The molecule has 0 fully saturated rings. The number of rotatable bonds is 2. The number of carbonyl (C=O) groups is 2. The third-order valence-electron chi connectivity index (χ3n) is 3.17. The van der Waals surface area contributed by atoms with Crippen molar-refractivity contribution in [2.45, 2.75) is 10.9 Å². The number of esters is 1. The molecule has 0 aromatic heterocycles. The standard InChI is InChI=1S/C13H12N2O3S/c1-19-8-4-2-7(3-5-8)11-10-9(6-18-12(10)16)14-13(17)15-11/h2-5,11H,6H2,1H3,(H2,14,15,17). The lowest BCUT2D eigenvalue weighted by Crippen LogP contribution is -2.44. The summed E-state index contributed by atoms with van der Waals surface area (Å²) in [5.41, 5.74) is 1.93. The second-order valence-electron chi connectivity index (χ2n) is 4.27. The average molecular weight is 276 g/mol. The number of benzene rings is 1. The van der Waals surface area contributed by atoms with Gasteiger partial charge in [-0.25, -0.2) is 9.59 Å². The van der Waals surface area contributed by atoms with Crippen molar-refractivity contribution in [2.24, 2.45) is 0 Å². The number of urea groups is 1. The van der Waals surface area contributed by atoms with E-state index in [1.54, 1.807) is 11.8 Å².